The Morgan fingerprint density at radius 3 is 1.75 bits per heavy atom. The molecule has 0 N–H and O–H groups in total. The molecule has 0 bridgehead atoms. The lowest BCUT2D eigenvalue weighted by atomic mass is 10.1. The molecule has 0 rings (SSSR count). The Kier molecular flexibility index (Phi) is 10.4. The largest absolute Gasteiger partial charge is 0.503 e. The van der Waals surface area contributed by atoms with Crippen molar-refractivity contribution in [2.24, 2.45) is 10.9 Å². The third-order valence-corrected chi connectivity index (χ3v) is 6.06. The van der Waals surface area contributed by atoms with E-state index < -0.39 is 8.80 Å². The van der Waals surface area contributed by atoms with Crippen LogP contribution in [0.3, 0.4) is 0 Å². The standard InChI is InChI=1S/C15H33NO3Si/c1-8-17-20(18-9-2,19-10-3)12-15(7)16-14(6)11-13(4)5/h13,15H,8-12H2,1-7H3. The van der Waals surface area contributed by atoms with Gasteiger partial charge in [0.2, 0.25) is 0 Å². The maximum atomic E-state index is 5.87. The average molecular weight is 304 g/mol. The zero-order chi connectivity index (χ0) is 15.6. The van der Waals surface area contributed by atoms with Crippen LogP contribution in [-0.4, -0.2) is 40.4 Å². The maximum Gasteiger partial charge on any atom is 0.503 e. The lowest BCUT2D eigenvalue weighted by Gasteiger charge is -2.29. The van der Waals surface area contributed by atoms with E-state index in [0.29, 0.717) is 25.7 Å². The van der Waals surface area contributed by atoms with E-state index >= 15 is 0 Å². The third-order valence-electron chi connectivity index (χ3n) is 2.78. The van der Waals surface area contributed by atoms with Gasteiger partial charge in [0.25, 0.3) is 0 Å². The molecule has 0 aromatic carbocycles. The molecule has 0 heterocycles. The van der Waals surface area contributed by atoms with Gasteiger partial charge >= 0.3 is 8.80 Å². The summed E-state index contributed by atoms with van der Waals surface area (Å²) < 4.78 is 17.6. The summed E-state index contributed by atoms with van der Waals surface area (Å²) in [7, 11) is -2.57. The zero-order valence-corrected chi connectivity index (χ0v) is 15.4. The predicted octanol–water partition coefficient (Wildman–Crippen LogP) is 3.93. The molecule has 1 unspecified atom stereocenters. The lowest BCUT2D eigenvalue weighted by molar-refractivity contribution is 0.0701. The molecule has 1 atom stereocenters. The van der Waals surface area contributed by atoms with E-state index in [1.807, 2.05) is 20.8 Å². The van der Waals surface area contributed by atoms with Crippen LogP contribution >= 0.6 is 0 Å². The number of rotatable bonds is 11. The molecule has 120 valence electrons. The van der Waals surface area contributed by atoms with Gasteiger partial charge < -0.3 is 13.3 Å². The Labute approximate surface area is 126 Å². The van der Waals surface area contributed by atoms with Crippen molar-refractivity contribution in [3.63, 3.8) is 0 Å². The quantitative estimate of drug-likeness (QED) is 0.429. The average Bonchev–Trinajstić information content (AvgIpc) is 2.27. The van der Waals surface area contributed by atoms with Crippen LogP contribution in [0.5, 0.6) is 0 Å². The minimum atomic E-state index is -2.57. The van der Waals surface area contributed by atoms with Gasteiger partial charge in [-0.05, 0) is 47.0 Å². The fourth-order valence-electron chi connectivity index (χ4n) is 2.39. The summed E-state index contributed by atoms with van der Waals surface area (Å²) in [6.07, 6.45) is 1.04. The highest BCUT2D eigenvalue weighted by Gasteiger charge is 2.41. The van der Waals surface area contributed by atoms with Gasteiger partial charge in [0, 0.05) is 31.6 Å². The minimum Gasteiger partial charge on any atom is -0.374 e. The van der Waals surface area contributed by atoms with Crippen LogP contribution in [0.1, 0.15) is 54.9 Å². The topological polar surface area (TPSA) is 40.0 Å². The van der Waals surface area contributed by atoms with Crippen LogP contribution in [0.25, 0.3) is 0 Å². The number of hydrogen-bond acceptors (Lipinski definition) is 4. The molecule has 0 aromatic heterocycles. The summed E-state index contributed by atoms with van der Waals surface area (Å²) in [5.74, 6) is 0.638. The zero-order valence-electron chi connectivity index (χ0n) is 14.4. The first-order valence-electron chi connectivity index (χ1n) is 7.84. The van der Waals surface area contributed by atoms with Crippen molar-refractivity contribution in [1.29, 1.82) is 0 Å². The Morgan fingerprint density at radius 1 is 0.950 bits per heavy atom. The van der Waals surface area contributed by atoms with Gasteiger partial charge in [-0.25, -0.2) is 0 Å². The second-order valence-electron chi connectivity index (χ2n) is 5.50. The van der Waals surface area contributed by atoms with Gasteiger partial charge in [0.1, 0.15) is 0 Å². The summed E-state index contributed by atoms with van der Waals surface area (Å²) in [5, 5.41) is 0. The van der Waals surface area contributed by atoms with Crippen LogP contribution in [0.4, 0.5) is 0 Å². The number of nitrogens with zero attached hydrogens (tertiary/aromatic N) is 1. The van der Waals surface area contributed by atoms with Crippen molar-refractivity contribution in [2.75, 3.05) is 19.8 Å². The Bertz CT molecular complexity index is 265. The molecule has 20 heavy (non-hydrogen) atoms. The molecule has 0 aromatic rings. The van der Waals surface area contributed by atoms with E-state index in [2.05, 4.69) is 27.7 Å². The van der Waals surface area contributed by atoms with Crippen LogP contribution in [0.2, 0.25) is 6.04 Å². The SMILES string of the molecule is CCO[Si](CC(C)N=C(C)CC(C)C)(OCC)OCC. The van der Waals surface area contributed by atoms with E-state index in [1.165, 1.54) is 5.71 Å². The van der Waals surface area contributed by atoms with Crippen molar-refractivity contribution in [1.82, 2.24) is 0 Å². The van der Waals surface area contributed by atoms with Crippen LogP contribution in [0.15, 0.2) is 4.99 Å². The van der Waals surface area contributed by atoms with E-state index in [0.717, 1.165) is 12.5 Å². The van der Waals surface area contributed by atoms with E-state index in [4.69, 9.17) is 18.3 Å². The summed E-state index contributed by atoms with van der Waals surface area (Å²) in [4.78, 5) is 4.76. The lowest BCUT2D eigenvalue weighted by Crippen LogP contribution is -2.48. The molecule has 0 saturated carbocycles. The number of hydrogen-bond donors (Lipinski definition) is 0. The summed E-state index contributed by atoms with van der Waals surface area (Å²) in [6, 6.07) is 0.919. The first kappa shape index (κ1) is 19.8. The summed E-state index contributed by atoms with van der Waals surface area (Å²) in [5.41, 5.74) is 1.19. The molecule has 0 saturated heterocycles. The fourth-order valence-corrected chi connectivity index (χ4v) is 5.13. The normalized spacial score (nSPS) is 14.9. The van der Waals surface area contributed by atoms with Crippen molar-refractivity contribution in [3.05, 3.63) is 0 Å². The first-order valence-corrected chi connectivity index (χ1v) is 9.77. The molecule has 0 spiro atoms. The van der Waals surface area contributed by atoms with Crippen LogP contribution in [-0.2, 0) is 13.3 Å². The Morgan fingerprint density at radius 2 is 1.40 bits per heavy atom. The van der Waals surface area contributed by atoms with Gasteiger partial charge in [0.15, 0.2) is 0 Å². The maximum absolute atomic E-state index is 5.87. The van der Waals surface area contributed by atoms with Gasteiger partial charge in [-0.3, -0.25) is 4.99 Å². The second-order valence-corrected chi connectivity index (χ2v) is 8.14. The van der Waals surface area contributed by atoms with Gasteiger partial charge in [0.05, 0.1) is 6.04 Å². The third kappa shape index (κ3) is 8.14. The van der Waals surface area contributed by atoms with E-state index in [1.54, 1.807) is 0 Å². The highest BCUT2D eigenvalue weighted by atomic mass is 28.4. The monoisotopic (exact) mass is 303 g/mol. The highest BCUT2D eigenvalue weighted by Crippen LogP contribution is 2.20. The first-order chi connectivity index (χ1) is 9.39. The molecule has 0 amide bonds. The molecule has 0 aliphatic heterocycles. The molecular formula is C15H33NO3Si. The highest BCUT2D eigenvalue weighted by molar-refractivity contribution is 6.60. The second kappa shape index (κ2) is 10.5. The molecular weight excluding hydrogens is 270 g/mol. The van der Waals surface area contributed by atoms with Crippen molar-refractivity contribution >= 4 is 14.5 Å². The molecule has 0 radical (unpaired) electrons. The molecule has 5 heteroatoms. The Hall–Kier alpha value is -0.233. The van der Waals surface area contributed by atoms with Crippen LogP contribution < -0.4 is 0 Å². The van der Waals surface area contributed by atoms with Gasteiger partial charge in [-0.2, -0.15) is 0 Å². The molecule has 0 aliphatic rings. The van der Waals surface area contributed by atoms with Gasteiger partial charge in [-0.15, -0.1) is 0 Å². The summed E-state index contributed by atoms with van der Waals surface area (Å²) in [6.45, 7) is 16.4. The minimum absolute atomic E-state index is 0.171. The Balaban J connectivity index is 4.77. The van der Waals surface area contributed by atoms with Gasteiger partial charge in [-0.1, -0.05) is 13.8 Å². The predicted molar refractivity (Wildman–Crippen MR) is 87.5 cm³/mol. The molecule has 4 nitrogen and oxygen atoms in total. The molecule has 0 aliphatic carbocycles. The number of aliphatic imine (C=N–C) groups is 1. The summed E-state index contributed by atoms with van der Waals surface area (Å²) >= 11 is 0. The fraction of sp³-hybridized carbons (Fsp3) is 0.933. The van der Waals surface area contributed by atoms with E-state index in [-0.39, 0.29) is 6.04 Å². The smallest absolute Gasteiger partial charge is 0.374 e. The van der Waals surface area contributed by atoms with Crippen LogP contribution in [0, 0.1) is 5.92 Å². The van der Waals surface area contributed by atoms with Crippen molar-refractivity contribution in [2.45, 2.75) is 67.0 Å². The van der Waals surface area contributed by atoms with Crippen molar-refractivity contribution < 1.29 is 13.3 Å². The van der Waals surface area contributed by atoms with Crippen molar-refractivity contribution in [3.8, 4) is 0 Å². The van der Waals surface area contributed by atoms with E-state index in [9.17, 15) is 0 Å². The molecule has 0 fully saturated rings.